The van der Waals surface area contributed by atoms with E-state index < -0.39 is 0 Å². The second-order valence-corrected chi connectivity index (χ2v) is 9.24. The minimum Gasteiger partial charge on any atom is -0.352 e. The molecule has 1 aromatic carbocycles. The maximum absolute atomic E-state index is 12.6. The smallest absolute Gasteiger partial charge is 0.251 e. The van der Waals surface area contributed by atoms with Crippen LogP contribution >= 0.6 is 0 Å². The fraction of sp³-hybridized carbons (Fsp3) is 0.444. The van der Waals surface area contributed by atoms with Crippen molar-refractivity contribution in [1.82, 2.24) is 30.2 Å². The molecule has 0 aliphatic carbocycles. The number of nitrogens with one attached hydrogen (secondary N) is 3. The Hall–Kier alpha value is -3.19. The Morgan fingerprint density at radius 2 is 1.53 bits per heavy atom. The molecule has 0 unspecified atom stereocenters. The molecule has 2 aromatic heterocycles. The van der Waals surface area contributed by atoms with Gasteiger partial charge in [-0.3, -0.25) is 9.69 Å². The normalized spacial score (nSPS) is 11.4. The van der Waals surface area contributed by atoms with Crippen molar-refractivity contribution in [2.45, 2.75) is 65.5 Å². The highest BCUT2D eigenvalue weighted by atomic mass is 16.1. The minimum absolute atomic E-state index is 0.0218. The molecular formula is C27H38N6O. The Labute approximate surface area is 203 Å². The molecular weight excluding hydrogens is 424 g/mol. The lowest BCUT2D eigenvalue weighted by molar-refractivity contribution is 0.0951. The molecule has 0 spiro atoms. The average molecular weight is 463 g/mol. The summed E-state index contributed by atoms with van der Waals surface area (Å²) in [6.45, 7) is 10.7. The van der Waals surface area contributed by atoms with E-state index in [1.54, 1.807) is 12.4 Å². The molecule has 1 amide bonds. The zero-order chi connectivity index (χ0) is 24.3. The number of carbonyl (C=O) groups is 1. The van der Waals surface area contributed by atoms with E-state index in [1.807, 2.05) is 36.7 Å². The van der Waals surface area contributed by atoms with Crippen molar-refractivity contribution in [2.75, 3.05) is 13.1 Å². The molecule has 0 saturated carbocycles. The van der Waals surface area contributed by atoms with Gasteiger partial charge in [-0.15, -0.1) is 0 Å². The standard InChI is InChI=1S/C27H38N6O/c1-20(2)33(21(3)4)16-6-5-11-32-27(34)24-9-7-22(8-10-24)17-23(18-25-28-12-13-29-25)19-26-30-14-15-31-26/h7-10,12-15,17,20-21H,5-6,11,16,18-19H2,1-4H3,(H,28,29)(H,30,31)(H,32,34). The van der Waals surface area contributed by atoms with Gasteiger partial charge in [-0.25, -0.2) is 9.97 Å². The first kappa shape index (κ1) is 25.4. The summed E-state index contributed by atoms with van der Waals surface area (Å²) in [7, 11) is 0. The molecule has 3 aromatic rings. The highest BCUT2D eigenvalue weighted by molar-refractivity contribution is 5.94. The molecule has 0 atom stereocenters. The molecule has 34 heavy (non-hydrogen) atoms. The van der Waals surface area contributed by atoms with Crippen molar-refractivity contribution in [3.8, 4) is 0 Å². The van der Waals surface area contributed by atoms with Gasteiger partial charge >= 0.3 is 0 Å². The number of allylic oxidation sites excluding steroid dienone is 1. The van der Waals surface area contributed by atoms with E-state index in [-0.39, 0.29) is 5.91 Å². The number of hydrogen-bond donors (Lipinski definition) is 3. The molecule has 0 fully saturated rings. The zero-order valence-corrected chi connectivity index (χ0v) is 20.8. The van der Waals surface area contributed by atoms with Crippen molar-refractivity contribution in [1.29, 1.82) is 0 Å². The van der Waals surface area contributed by atoms with Crippen LogP contribution in [0, 0.1) is 0 Å². The van der Waals surface area contributed by atoms with E-state index in [9.17, 15) is 4.79 Å². The van der Waals surface area contributed by atoms with Gasteiger partial charge in [-0.05, 0) is 64.8 Å². The highest BCUT2D eigenvalue weighted by Gasteiger charge is 2.12. The van der Waals surface area contributed by atoms with Crippen molar-refractivity contribution in [3.63, 3.8) is 0 Å². The van der Waals surface area contributed by atoms with Gasteiger partial charge in [-0.2, -0.15) is 0 Å². The SMILES string of the molecule is CC(C)N(CCCCNC(=O)c1ccc(C=C(Cc2ncc[nH]2)Cc2ncc[nH]2)cc1)C(C)C. The highest BCUT2D eigenvalue weighted by Crippen LogP contribution is 2.15. The van der Waals surface area contributed by atoms with Gasteiger partial charge in [0.25, 0.3) is 5.91 Å². The topological polar surface area (TPSA) is 89.7 Å². The van der Waals surface area contributed by atoms with Crippen molar-refractivity contribution < 1.29 is 4.79 Å². The number of amides is 1. The molecule has 3 N–H and O–H groups in total. The lowest BCUT2D eigenvalue weighted by Gasteiger charge is -2.30. The van der Waals surface area contributed by atoms with E-state index in [4.69, 9.17) is 0 Å². The predicted octanol–water partition coefficient (Wildman–Crippen LogP) is 4.63. The van der Waals surface area contributed by atoms with Gasteiger partial charge in [0.15, 0.2) is 0 Å². The molecule has 7 nitrogen and oxygen atoms in total. The van der Waals surface area contributed by atoms with E-state index in [0.717, 1.165) is 36.6 Å². The fourth-order valence-electron chi connectivity index (χ4n) is 4.19. The first-order chi connectivity index (χ1) is 16.4. The van der Waals surface area contributed by atoms with Gasteiger partial charge < -0.3 is 15.3 Å². The van der Waals surface area contributed by atoms with E-state index >= 15 is 0 Å². The van der Waals surface area contributed by atoms with Crippen LogP contribution in [-0.2, 0) is 12.8 Å². The Kier molecular flexibility index (Phi) is 9.64. The Morgan fingerprint density at radius 1 is 0.941 bits per heavy atom. The van der Waals surface area contributed by atoms with Crippen LogP contribution in [0.1, 0.15) is 68.1 Å². The quantitative estimate of drug-likeness (QED) is 0.323. The van der Waals surface area contributed by atoms with Crippen LogP contribution in [0.25, 0.3) is 6.08 Å². The molecule has 7 heteroatoms. The first-order valence-corrected chi connectivity index (χ1v) is 12.2. The number of nitrogens with zero attached hydrogens (tertiary/aromatic N) is 3. The number of hydrogen-bond acceptors (Lipinski definition) is 4. The third-order valence-corrected chi connectivity index (χ3v) is 5.90. The largest absolute Gasteiger partial charge is 0.352 e. The van der Waals surface area contributed by atoms with Crippen LogP contribution in [0.3, 0.4) is 0 Å². The number of aromatic amines is 2. The van der Waals surface area contributed by atoms with Gasteiger partial charge in [0.2, 0.25) is 0 Å². The Morgan fingerprint density at radius 3 is 2.03 bits per heavy atom. The molecule has 3 rings (SSSR count). The summed E-state index contributed by atoms with van der Waals surface area (Å²) < 4.78 is 0. The number of benzene rings is 1. The monoisotopic (exact) mass is 462 g/mol. The molecule has 0 radical (unpaired) electrons. The third kappa shape index (κ3) is 7.99. The van der Waals surface area contributed by atoms with Crippen LogP contribution in [0.2, 0.25) is 0 Å². The molecule has 0 aliphatic rings. The fourth-order valence-corrected chi connectivity index (χ4v) is 4.19. The zero-order valence-electron chi connectivity index (χ0n) is 20.8. The van der Waals surface area contributed by atoms with Gasteiger partial charge in [0.05, 0.1) is 0 Å². The number of aromatic nitrogens is 4. The summed E-state index contributed by atoms with van der Waals surface area (Å²) >= 11 is 0. The average Bonchev–Trinajstić information content (AvgIpc) is 3.50. The van der Waals surface area contributed by atoms with E-state index in [1.165, 1.54) is 5.57 Å². The number of imidazole rings is 2. The van der Waals surface area contributed by atoms with Crippen molar-refractivity contribution in [3.05, 3.63) is 77.4 Å². The molecule has 0 aliphatic heterocycles. The predicted molar refractivity (Wildman–Crippen MR) is 138 cm³/mol. The summed E-state index contributed by atoms with van der Waals surface area (Å²) in [5, 5.41) is 3.05. The summed E-state index contributed by atoms with van der Waals surface area (Å²) in [5.41, 5.74) is 2.91. The maximum Gasteiger partial charge on any atom is 0.251 e. The number of rotatable bonds is 13. The Bertz CT molecular complexity index is 958. The number of unbranched alkanes of at least 4 members (excludes halogenated alkanes) is 1. The third-order valence-electron chi connectivity index (χ3n) is 5.90. The van der Waals surface area contributed by atoms with Gasteiger partial charge in [0, 0.05) is 61.8 Å². The van der Waals surface area contributed by atoms with Gasteiger partial charge in [0.1, 0.15) is 11.6 Å². The molecule has 0 saturated heterocycles. The summed E-state index contributed by atoms with van der Waals surface area (Å²) in [6, 6.07) is 8.84. The first-order valence-electron chi connectivity index (χ1n) is 12.2. The van der Waals surface area contributed by atoms with Crippen LogP contribution in [0.5, 0.6) is 0 Å². The second kappa shape index (κ2) is 12.9. The molecule has 182 valence electrons. The summed E-state index contributed by atoms with van der Waals surface area (Å²) in [6.07, 6.45) is 12.8. The number of carbonyl (C=O) groups excluding carboxylic acids is 1. The lowest BCUT2D eigenvalue weighted by atomic mass is 10.0. The molecule has 0 bridgehead atoms. The van der Waals surface area contributed by atoms with Crippen LogP contribution < -0.4 is 5.32 Å². The van der Waals surface area contributed by atoms with Crippen molar-refractivity contribution in [2.24, 2.45) is 0 Å². The summed E-state index contributed by atoms with van der Waals surface area (Å²) in [4.78, 5) is 30.1. The summed E-state index contributed by atoms with van der Waals surface area (Å²) in [5.74, 6) is 1.81. The van der Waals surface area contributed by atoms with Crippen LogP contribution in [0.4, 0.5) is 0 Å². The van der Waals surface area contributed by atoms with Gasteiger partial charge in [-0.1, -0.05) is 23.8 Å². The maximum atomic E-state index is 12.6. The van der Waals surface area contributed by atoms with Crippen LogP contribution in [-0.4, -0.2) is 55.9 Å². The Balaban J connectivity index is 1.53. The minimum atomic E-state index is -0.0218. The number of H-pyrrole nitrogens is 2. The van der Waals surface area contributed by atoms with E-state index in [2.05, 4.69) is 63.9 Å². The molecule has 2 heterocycles. The van der Waals surface area contributed by atoms with Crippen molar-refractivity contribution >= 4 is 12.0 Å². The van der Waals surface area contributed by atoms with E-state index in [0.29, 0.717) is 37.0 Å². The lowest BCUT2D eigenvalue weighted by Crippen LogP contribution is -2.38. The van der Waals surface area contributed by atoms with Crippen LogP contribution in [0.15, 0.2) is 54.6 Å². The second-order valence-electron chi connectivity index (χ2n) is 9.24.